The summed E-state index contributed by atoms with van der Waals surface area (Å²) in [7, 11) is 0. The summed E-state index contributed by atoms with van der Waals surface area (Å²) in [5, 5.41) is 18.6. The number of halogens is 2. The highest BCUT2D eigenvalue weighted by atomic mass is 19.2. The fourth-order valence-electron chi connectivity index (χ4n) is 2.30. The Labute approximate surface area is 138 Å². The molecule has 0 aliphatic carbocycles. The molecular formula is C15H12F2N2O6. The molecule has 0 radical (unpaired) electrons. The van der Waals surface area contributed by atoms with Crippen molar-refractivity contribution in [2.75, 3.05) is 12.3 Å². The number of ether oxygens (including phenoxy) is 1. The molecule has 5 N–H and O–H groups in total. The lowest BCUT2D eigenvalue weighted by Gasteiger charge is -2.14. The zero-order chi connectivity index (χ0) is 18.9. The van der Waals surface area contributed by atoms with Gasteiger partial charge in [-0.15, -0.1) is 0 Å². The summed E-state index contributed by atoms with van der Waals surface area (Å²) in [4.78, 5) is 36.7. The third kappa shape index (κ3) is 3.13. The van der Waals surface area contributed by atoms with E-state index >= 15 is 0 Å². The maximum absolute atomic E-state index is 13.8. The number of aromatic nitrogens is 1. The van der Waals surface area contributed by atoms with E-state index in [4.69, 9.17) is 10.5 Å². The van der Waals surface area contributed by atoms with Crippen LogP contribution < -0.4 is 16.0 Å². The van der Waals surface area contributed by atoms with Crippen LogP contribution in [0.3, 0.4) is 0 Å². The molecule has 0 spiro atoms. The number of nitrogens with two attached hydrogens (primary N) is 1. The van der Waals surface area contributed by atoms with Crippen LogP contribution in [-0.4, -0.2) is 33.7 Å². The van der Waals surface area contributed by atoms with Gasteiger partial charge in [-0.2, -0.15) is 4.39 Å². The van der Waals surface area contributed by atoms with Crippen LogP contribution in [0.2, 0.25) is 0 Å². The molecule has 0 saturated heterocycles. The molecule has 0 bridgehead atoms. The highest BCUT2D eigenvalue weighted by Gasteiger charge is 2.28. The van der Waals surface area contributed by atoms with Crippen LogP contribution in [0.5, 0.6) is 5.75 Å². The van der Waals surface area contributed by atoms with E-state index in [-0.39, 0.29) is 12.2 Å². The number of anilines is 1. The zero-order valence-corrected chi connectivity index (χ0v) is 12.7. The maximum Gasteiger partial charge on any atom is 0.342 e. The minimum absolute atomic E-state index is 0.0328. The average molecular weight is 354 g/mol. The average Bonchev–Trinajstić information content (AvgIpc) is 2.50. The second kappa shape index (κ2) is 6.59. The minimum Gasteiger partial charge on any atom is -0.491 e. The Hall–Kier alpha value is -3.43. The molecule has 0 fully saturated rings. The number of hydrogen-bond acceptors (Lipinski definition) is 5. The summed E-state index contributed by atoms with van der Waals surface area (Å²) in [6.07, 6.45) is 0. The predicted octanol–water partition coefficient (Wildman–Crippen LogP) is 1.70. The van der Waals surface area contributed by atoms with Crippen LogP contribution in [0.1, 0.15) is 27.6 Å². The lowest BCUT2D eigenvalue weighted by molar-refractivity contribution is 0.0695. The van der Waals surface area contributed by atoms with E-state index in [0.29, 0.717) is 6.07 Å². The molecule has 2 aromatic rings. The van der Waals surface area contributed by atoms with Crippen molar-refractivity contribution in [3.63, 3.8) is 0 Å². The Morgan fingerprint density at radius 3 is 2.32 bits per heavy atom. The third-order valence-corrected chi connectivity index (χ3v) is 3.26. The Morgan fingerprint density at radius 2 is 1.80 bits per heavy atom. The van der Waals surface area contributed by atoms with Crippen LogP contribution in [0.4, 0.5) is 14.6 Å². The van der Waals surface area contributed by atoms with E-state index in [1.807, 2.05) is 4.98 Å². The number of nitrogen functional groups attached to an aromatic ring is 1. The molecule has 0 saturated carbocycles. The Bertz CT molecular complexity index is 939. The fourth-order valence-corrected chi connectivity index (χ4v) is 2.30. The molecule has 0 aliphatic rings. The minimum atomic E-state index is -1.76. The SMILES string of the molecule is CCOc1cc(-c2c(C(=O)O)c(N)[nH]c(=O)c2C(=O)O)cc(F)c1F. The Morgan fingerprint density at radius 1 is 1.20 bits per heavy atom. The number of rotatable bonds is 5. The lowest BCUT2D eigenvalue weighted by Crippen LogP contribution is -2.24. The van der Waals surface area contributed by atoms with E-state index < -0.39 is 57.4 Å². The first-order valence-electron chi connectivity index (χ1n) is 6.83. The van der Waals surface area contributed by atoms with Crippen molar-refractivity contribution in [1.29, 1.82) is 0 Å². The first-order valence-corrected chi connectivity index (χ1v) is 6.83. The number of H-pyrrole nitrogens is 1. The summed E-state index contributed by atoms with van der Waals surface area (Å²) in [5.41, 5.74) is 1.52. The number of carboxylic acid groups (broad SMARTS) is 2. The van der Waals surface area contributed by atoms with Crippen LogP contribution >= 0.6 is 0 Å². The van der Waals surface area contributed by atoms with Crippen molar-refractivity contribution < 1.29 is 33.3 Å². The second-order valence-electron chi connectivity index (χ2n) is 4.81. The smallest absolute Gasteiger partial charge is 0.342 e. The molecule has 0 unspecified atom stereocenters. The third-order valence-electron chi connectivity index (χ3n) is 3.26. The number of benzene rings is 1. The Kier molecular flexibility index (Phi) is 4.72. The van der Waals surface area contributed by atoms with Crippen molar-refractivity contribution in [1.82, 2.24) is 4.98 Å². The van der Waals surface area contributed by atoms with Gasteiger partial charge in [-0.25, -0.2) is 14.0 Å². The number of aromatic carboxylic acids is 2. The molecule has 1 heterocycles. The molecule has 25 heavy (non-hydrogen) atoms. The molecule has 10 heteroatoms. The van der Waals surface area contributed by atoms with Crippen molar-refractivity contribution in [3.8, 4) is 16.9 Å². The van der Waals surface area contributed by atoms with E-state index in [2.05, 4.69) is 0 Å². The quantitative estimate of drug-likeness (QED) is 0.640. The fraction of sp³-hybridized carbons (Fsp3) is 0.133. The van der Waals surface area contributed by atoms with Gasteiger partial charge in [-0.05, 0) is 24.6 Å². The van der Waals surface area contributed by atoms with E-state index in [9.17, 15) is 33.4 Å². The molecule has 0 atom stereocenters. The highest BCUT2D eigenvalue weighted by molar-refractivity contribution is 6.07. The van der Waals surface area contributed by atoms with Crippen molar-refractivity contribution in [2.24, 2.45) is 0 Å². The topological polar surface area (TPSA) is 143 Å². The largest absolute Gasteiger partial charge is 0.491 e. The van der Waals surface area contributed by atoms with Crippen LogP contribution in [0.15, 0.2) is 16.9 Å². The first kappa shape index (κ1) is 17.9. The van der Waals surface area contributed by atoms with Crippen LogP contribution in [-0.2, 0) is 0 Å². The van der Waals surface area contributed by atoms with Gasteiger partial charge in [-0.3, -0.25) is 4.79 Å². The summed E-state index contributed by atoms with van der Waals surface area (Å²) in [6.45, 7) is 1.47. The van der Waals surface area contributed by atoms with Crippen LogP contribution in [0.25, 0.3) is 11.1 Å². The van der Waals surface area contributed by atoms with Gasteiger partial charge < -0.3 is 25.7 Å². The number of pyridine rings is 1. The van der Waals surface area contributed by atoms with Gasteiger partial charge in [0.25, 0.3) is 5.56 Å². The summed E-state index contributed by atoms with van der Waals surface area (Å²) in [5.74, 6) is -7.36. The van der Waals surface area contributed by atoms with Gasteiger partial charge in [0.05, 0.1) is 6.61 Å². The van der Waals surface area contributed by atoms with Gasteiger partial charge >= 0.3 is 11.9 Å². The van der Waals surface area contributed by atoms with Gasteiger partial charge in [-0.1, -0.05) is 0 Å². The first-order chi connectivity index (χ1) is 11.7. The van der Waals surface area contributed by atoms with Gasteiger partial charge in [0.15, 0.2) is 11.6 Å². The molecule has 1 aromatic carbocycles. The lowest BCUT2D eigenvalue weighted by atomic mass is 9.95. The zero-order valence-electron chi connectivity index (χ0n) is 12.7. The van der Waals surface area contributed by atoms with Crippen molar-refractivity contribution in [2.45, 2.75) is 6.92 Å². The summed E-state index contributed by atoms with van der Waals surface area (Å²) < 4.78 is 32.5. The predicted molar refractivity (Wildman–Crippen MR) is 81.9 cm³/mol. The molecule has 0 aliphatic heterocycles. The molecule has 8 nitrogen and oxygen atoms in total. The number of hydrogen-bond donors (Lipinski definition) is 4. The summed E-state index contributed by atoms with van der Waals surface area (Å²) in [6, 6.07) is 1.46. The highest BCUT2D eigenvalue weighted by Crippen LogP contribution is 2.34. The number of carboxylic acids is 2. The number of aromatic amines is 1. The normalized spacial score (nSPS) is 10.5. The summed E-state index contributed by atoms with van der Waals surface area (Å²) >= 11 is 0. The van der Waals surface area contributed by atoms with Crippen molar-refractivity contribution >= 4 is 17.8 Å². The van der Waals surface area contributed by atoms with Gasteiger partial charge in [0.1, 0.15) is 16.9 Å². The monoisotopic (exact) mass is 354 g/mol. The number of nitrogens with one attached hydrogen (secondary N) is 1. The van der Waals surface area contributed by atoms with Crippen molar-refractivity contribution in [3.05, 3.63) is 45.2 Å². The van der Waals surface area contributed by atoms with Gasteiger partial charge in [0.2, 0.25) is 5.82 Å². The van der Waals surface area contributed by atoms with Gasteiger partial charge in [0, 0.05) is 5.56 Å². The van der Waals surface area contributed by atoms with E-state index in [0.717, 1.165) is 6.07 Å². The molecule has 1 aromatic heterocycles. The van der Waals surface area contributed by atoms with E-state index in [1.54, 1.807) is 0 Å². The molecular weight excluding hydrogens is 342 g/mol. The Balaban J connectivity index is 2.98. The van der Waals surface area contributed by atoms with Crippen LogP contribution in [0, 0.1) is 11.6 Å². The maximum atomic E-state index is 13.8. The molecule has 2 rings (SSSR count). The standard InChI is InChI=1S/C15H12F2N2O6/c1-2-25-7-4-5(3-6(16)11(7)17)8-9(14(21)22)12(18)19-13(20)10(8)15(23)24/h3-4H,2H2,1H3,(H,21,22)(H,23,24)(H3,18,19,20). The molecule has 0 amide bonds. The molecule has 132 valence electrons. The second-order valence-corrected chi connectivity index (χ2v) is 4.81. The number of carbonyl (C=O) groups is 2. The van der Waals surface area contributed by atoms with E-state index in [1.165, 1.54) is 6.92 Å².